The highest BCUT2D eigenvalue weighted by atomic mass is 16.5. The molecule has 1 atom stereocenters. The lowest BCUT2D eigenvalue weighted by molar-refractivity contribution is 0.0615. The van der Waals surface area contributed by atoms with E-state index in [1.165, 1.54) is 12.3 Å². The van der Waals surface area contributed by atoms with Crippen molar-refractivity contribution in [3.05, 3.63) is 45.7 Å². The van der Waals surface area contributed by atoms with Gasteiger partial charge in [-0.2, -0.15) is 0 Å². The molecule has 0 amide bonds. The van der Waals surface area contributed by atoms with Crippen LogP contribution in [-0.2, 0) is 15.9 Å². The second-order valence-corrected chi connectivity index (χ2v) is 10.2. The van der Waals surface area contributed by atoms with Crippen LogP contribution in [0.25, 0.3) is 11.3 Å². The molecule has 2 aromatic rings. The van der Waals surface area contributed by atoms with Gasteiger partial charge in [-0.25, -0.2) is 4.79 Å². The van der Waals surface area contributed by atoms with Gasteiger partial charge in [0.15, 0.2) is 16.9 Å². The van der Waals surface area contributed by atoms with Crippen LogP contribution in [0.2, 0.25) is 0 Å². The lowest BCUT2D eigenvalue weighted by Gasteiger charge is -2.40. The molecular weight excluding hydrogens is 438 g/mol. The number of ether oxygens (including phenoxy) is 4. The Morgan fingerprint density at radius 2 is 1.85 bits per heavy atom. The van der Waals surface area contributed by atoms with Crippen LogP contribution in [0.3, 0.4) is 0 Å². The molecule has 1 unspecified atom stereocenters. The van der Waals surface area contributed by atoms with Gasteiger partial charge >= 0.3 is 5.97 Å². The zero-order valence-electron chi connectivity index (χ0n) is 20.5. The number of carbonyl (C=O) groups is 1. The van der Waals surface area contributed by atoms with Crippen LogP contribution in [-0.4, -0.2) is 56.8 Å². The maximum atomic E-state index is 12.6. The van der Waals surface area contributed by atoms with Gasteiger partial charge in [0.2, 0.25) is 0 Å². The Labute approximate surface area is 199 Å². The van der Waals surface area contributed by atoms with Gasteiger partial charge in [-0.05, 0) is 37.0 Å². The molecule has 0 bridgehead atoms. The first kappa shape index (κ1) is 24.3. The molecule has 1 aromatic heterocycles. The van der Waals surface area contributed by atoms with Crippen molar-refractivity contribution in [2.24, 2.45) is 10.8 Å². The second-order valence-electron chi connectivity index (χ2n) is 10.2. The van der Waals surface area contributed by atoms with Gasteiger partial charge in [-0.1, -0.05) is 13.8 Å². The van der Waals surface area contributed by atoms with Gasteiger partial charge in [0.1, 0.15) is 5.56 Å². The van der Waals surface area contributed by atoms with Crippen LogP contribution in [0.15, 0.2) is 29.2 Å². The molecule has 1 aliphatic carbocycles. The summed E-state index contributed by atoms with van der Waals surface area (Å²) in [4.78, 5) is 24.3. The Hall–Kier alpha value is -2.84. The molecule has 1 N–H and O–H groups in total. The highest BCUT2D eigenvalue weighted by Crippen LogP contribution is 2.48. The molecule has 1 aromatic carbocycles. The number of hydrogen-bond donors (Lipinski definition) is 1. The standard InChI is InChI=1S/C26H33NO7/c1-25(2,13-31-3)23-9-16-8-22(34-15-26(6-7-26)14-32-4)21(33-5)10-17(16)19-11-20(28)18(24(29)30)12-27(19)23/h8,10-12,23H,6-7,9,13-15H2,1-5H3,(H,29,30). The third kappa shape index (κ3) is 4.44. The molecule has 0 spiro atoms. The third-order valence-electron chi connectivity index (χ3n) is 7.08. The molecule has 1 saturated carbocycles. The minimum Gasteiger partial charge on any atom is -0.493 e. The normalized spacial score (nSPS) is 18.1. The minimum absolute atomic E-state index is 0.0613. The molecule has 1 aliphatic heterocycles. The van der Waals surface area contributed by atoms with Crippen LogP contribution < -0.4 is 14.9 Å². The molecule has 2 heterocycles. The predicted octanol–water partition coefficient (Wildman–Crippen LogP) is 3.80. The van der Waals surface area contributed by atoms with Crippen molar-refractivity contribution >= 4 is 5.97 Å². The summed E-state index contributed by atoms with van der Waals surface area (Å²) in [6.07, 6.45) is 4.24. The Bertz CT molecular complexity index is 1150. The molecular formula is C26H33NO7. The number of carboxylic acids is 1. The van der Waals surface area contributed by atoms with Crippen molar-refractivity contribution in [2.75, 3.05) is 41.2 Å². The lowest BCUT2D eigenvalue weighted by Crippen LogP contribution is -2.37. The molecule has 8 heteroatoms. The third-order valence-corrected chi connectivity index (χ3v) is 7.08. The van der Waals surface area contributed by atoms with Crippen LogP contribution >= 0.6 is 0 Å². The summed E-state index contributed by atoms with van der Waals surface area (Å²) in [5.74, 6) is -0.00598. The van der Waals surface area contributed by atoms with E-state index < -0.39 is 11.4 Å². The molecule has 0 saturated heterocycles. The summed E-state index contributed by atoms with van der Waals surface area (Å²) in [6, 6.07) is 5.16. The fourth-order valence-corrected chi connectivity index (χ4v) is 4.94. The molecule has 1 fully saturated rings. The van der Waals surface area contributed by atoms with Crippen molar-refractivity contribution in [3.8, 4) is 22.8 Å². The maximum Gasteiger partial charge on any atom is 0.341 e. The molecule has 34 heavy (non-hydrogen) atoms. The molecule has 2 aliphatic rings. The number of methoxy groups -OCH3 is 3. The highest BCUT2D eigenvalue weighted by molar-refractivity contribution is 5.88. The first-order chi connectivity index (χ1) is 16.1. The summed E-state index contributed by atoms with van der Waals surface area (Å²) < 4.78 is 24.6. The fraction of sp³-hybridized carbons (Fsp3) is 0.538. The van der Waals surface area contributed by atoms with Gasteiger partial charge in [0.25, 0.3) is 0 Å². The number of aromatic carboxylic acids is 1. The van der Waals surface area contributed by atoms with E-state index in [-0.39, 0.29) is 22.4 Å². The summed E-state index contributed by atoms with van der Waals surface area (Å²) in [7, 11) is 4.94. The number of rotatable bonds is 10. The van der Waals surface area contributed by atoms with E-state index >= 15 is 0 Å². The zero-order valence-corrected chi connectivity index (χ0v) is 20.5. The van der Waals surface area contributed by atoms with Crippen molar-refractivity contribution < 1.29 is 28.8 Å². The van der Waals surface area contributed by atoms with Crippen molar-refractivity contribution in [3.63, 3.8) is 0 Å². The predicted molar refractivity (Wildman–Crippen MR) is 127 cm³/mol. The topological polar surface area (TPSA) is 96.2 Å². The Kier molecular flexibility index (Phi) is 6.48. The lowest BCUT2D eigenvalue weighted by atomic mass is 9.77. The number of nitrogens with zero attached hydrogens (tertiary/aromatic N) is 1. The van der Waals surface area contributed by atoms with Crippen LogP contribution in [0.5, 0.6) is 11.5 Å². The van der Waals surface area contributed by atoms with E-state index in [0.29, 0.717) is 43.4 Å². The maximum absolute atomic E-state index is 12.6. The van der Waals surface area contributed by atoms with E-state index in [2.05, 4.69) is 13.8 Å². The van der Waals surface area contributed by atoms with Crippen molar-refractivity contribution in [1.82, 2.24) is 4.57 Å². The Morgan fingerprint density at radius 1 is 1.12 bits per heavy atom. The smallest absolute Gasteiger partial charge is 0.341 e. The number of pyridine rings is 1. The molecule has 184 valence electrons. The van der Waals surface area contributed by atoms with Crippen molar-refractivity contribution in [1.29, 1.82) is 0 Å². The summed E-state index contributed by atoms with van der Waals surface area (Å²) in [5, 5.41) is 9.56. The summed E-state index contributed by atoms with van der Waals surface area (Å²) in [6.45, 7) is 5.84. The van der Waals surface area contributed by atoms with Gasteiger partial charge in [0, 0.05) is 48.9 Å². The number of fused-ring (bicyclic) bond motifs is 3. The van der Waals surface area contributed by atoms with Gasteiger partial charge in [0.05, 0.1) is 32.6 Å². The van der Waals surface area contributed by atoms with E-state index in [0.717, 1.165) is 24.0 Å². The number of aromatic nitrogens is 1. The summed E-state index contributed by atoms with van der Waals surface area (Å²) in [5.41, 5.74) is 1.47. The largest absolute Gasteiger partial charge is 0.493 e. The number of benzene rings is 1. The van der Waals surface area contributed by atoms with Gasteiger partial charge in [-0.15, -0.1) is 0 Å². The quantitative estimate of drug-likeness (QED) is 0.563. The first-order valence-electron chi connectivity index (χ1n) is 11.5. The van der Waals surface area contributed by atoms with Gasteiger partial charge < -0.3 is 28.6 Å². The highest BCUT2D eigenvalue weighted by Gasteiger charge is 2.44. The minimum atomic E-state index is -1.24. The van der Waals surface area contributed by atoms with E-state index in [9.17, 15) is 14.7 Å². The molecule has 4 rings (SSSR count). The zero-order chi connectivity index (χ0) is 24.7. The average Bonchev–Trinajstić information content (AvgIpc) is 3.55. The monoisotopic (exact) mass is 471 g/mol. The SMILES string of the molecule is COCC1(COc2cc3c(cc2OC)-c2cc(=O)c(C(=O)O)cn2C(C(C)(C)COC)C3)CC1. The number of hydrogen-bond acceptors (Lipinski definition) is 6. The van der Waals surface area contributed by atoms with E-state index in [4.69, 9.17) is 18.9 Å². The fourth-order valence-electron chi connectivity index (χ4n) is 4.94. The summed E-state index contributed by atoms with van der Waals surface area (Å²) >= 11 is 0. The van der Waals surface area contributed by atoms with Crippen molar-refractivity contribution in [2.45, 2.75) is 39.2 Å². The van der Waals surface area contributed by atoms with Crippen LogP contribution in [0, 0.1) is 10.8 Å². The molecule has 0 radical (unpaired) electrons. The average molecular weight is 472 g/mol. The Morgan fingerprint density at radius 3 is 2.44 bits per heavy atom. The van der Waals surface area contributed by atoms with Crippen LogP contribution in [0.1, 0.15) is 48.7 Å². The van der Waals surface area contributed by atoms with Crippen LogP contribution in [0.4, 0.5) is 0 Å². The number of carboxylic acid groups (broad SMARTS) is 1. The molecule has 8 nitrogen and oxygen atoms in total. The first-order valence-corrected chi connectivity index (χ1v) is 11.5. The van der Waals surface area contributed by atoms with E-state index in [1.54, 1.807) is 21.3 Å². The van der Waals surface area contributed by atoms with E-state index in [1.807, 2.05) is 16.7 Å². The van der Waals surface area contributed by atoms with Gasteiger partial charge in [-0.3, -0.25) is 4.79 Å². The second kappa shape index (κ2) is 9.07. The Balaban J connectivity index is 1.81.